The fraction of sp³-hybridized carbons (Fsp3) is 0.500. The highest BCUT2D eigenvalue weighted by molar-refractivity contribution is 5.96. The number of nitrogens with two attached hydrogens (primary N) is 1. The summed E-state index contributed by atoms with van der Waals surface area (Å²) in [5, 5.41) is 15.0. The molecule has 1 heterocycles. The molecular formula is C10H15N5O. The highest BCUT2D eigenvalue weighted by atomic mass is 16.2. The zero-order chi connectivity index (χ0) is 12.1. The molecule has 6 nitrogen and oxygen atoms in total. The smallest absolute Gasteiger partial charge is 0.274 e. The number of hydrogen-bond donors (Lipinski definition) is 2. The summed E-state index contributed by atoms with van der Waals surface area (Å²) >= 11 is 0. The lowest BCUT2D eigenvalue weighted by Crippen LogP contribution is -2.34. The molecule has 1 amide bonds. The first-order valence-electron chi connectivity index (χ1n) is 5.07. The van der Waals surface area contributed by atoms with Crippen molar-refractivity contribution >= 4 is 11.6 Å². The minimum Gasteiger partial charge on any atom is -0.396 e. The molecule has 16 heavy (non-hydrogen) atoms. The van der Waals surface area contributed by atoms with Gasteiger partial charge in [0.1, 0.15) is 5.69 Å². The van der Waals surface area contributed by atoms with E-state index in [0.29, 0.717) is 18.8 Å². The van der Waals surface area contributed by atoms with Crippen LogP contribution < -0.4 is 5.73 Å². The van der Waals surface area contributed by atoms with Gasteiger partial charge in [-0.25, -0.2) is 0 Å². The second-order valence-electron chi connectivity index (χ2n) is 3.57. The molecule has 1 atom stereocenters. The first-order chi connectivity index (χ1) is 7.60. The van der Waals surface area contributed by atoms with Gasteiger partial charge < -0.3 is 10.6 Å². The minimum absolute atomic E-state index is 0.201. The van der Waals surface area contributed by atoms with Crippen molar-refractivity contribution in [1.82, 2.24) is 15.1 Å². The van der Waals surface area contributed by atoms with Crippen LogP contribution in [0.4, 0.5) is 5.69 Å². The lowest BCUT2D eigenvalue weighted by atomic mass is 10.2. The number of carbonyl (C=O) groups excluding carboxylic acids is 1. The number of aromatic nitrogens is 2. The number of aromatic amines is 1. The Bertz CT molecular complexity index is 406. The van der Waals surface area contributed by atoms with Gasteiger partial charge in [0.05, 0.1) is 23.9 Å². The first-order valence-corrected chi connectivity index (χ1v) is 5.07. The Morgan fingerprint density at radius 2 is 2.50 bits per heavy atom. The third-order valence-electron chi connectivity index (χ3n) is 2.27. The molecular weight excluding hydrogens is 206 g/mol. The summed E-state index contributed by atoms with van der Waals surface area (Å²) in [4.78, 5) is 13.5. The van der Waals surface area contributed by atoms with Gasteiger partial charge in [0.2, 0.25) is 0 Å². The number of nitrogen functional groups attached to an aromatic ring is 1. The van der Waals surface area contributed by atoms with E-state index in [2.05, 4.69) is 16.3 Å². The molecule has 1 rings (SSSR count). The summed E-state index contributed by atoms with van der Waals surface area (Å²) in [6.07, 6.45) is 1.40. The van der Waals surface area contributed by atoms with Crippen LogP contribution in [0.2, 0.25) is 0 Å². The minimum atomic E-state index is -0.223. The Labute approximate surface area is 94.0 Å². The number of hydrogen-bond acceptors (Lipinski definition) is 4. The van der Waals surface area contributed by atoms with Gasteiger partial charge in [-0.2, -0.15) is 10.4 Å². The van der Waals surface area contributed by atoms with Crippen LogP contribution in [0.25, 0.3) is 0 Å². The van der Waals surface area contributed by atoms with Crippen molar-refractivity contribution < 1.29 is 4.79 Å². The van der Waals surface area contributed by atoms with Crippen molar-refractivity contribution in [1.29, 1.82) is 5.26 Å². The van der Waals surface area contributed by atoms with Crippen molar-refractivity contribution in [2.45, 2.75) is 13.8 Å². The van der Waals surface area contributed by atoms with E-state index < -0.39 is 0 Å². The van der Waals surface area contributed by atoms with Gasteiger partial charge in [-0.15, -0.1) is 0 Å². The van der Waals surface area contributed by atoms with Crippen molar-refractivity contribution in [2.75, 3.05) is 18.8 Å². The third-order valence-corrected chi connectivity index (χ3v) is 2.27. The van der Waals surface area contributed by atoms with Gasteiger partial charge >= 0.3 is 0 Å². The van der Waals surface area contributed by atoms with Gasteiger partial charge in [0.25, 0.3) is 5.91 Å². The Morgan fingerprint density at radius 1 is 1.81 bits per heavy atom. The van der Waals surface area contributed by atoms with Gasteiger partial charge in [0, 0.05) is 13.1 Å². The molecule has 0 spiro atoms. The van der Waals surface area contributed by atoms with Crippen LogP contribution in [0.1, 0.15) is 24.3 Å². The quantitative estimate of drug-likeness (QED) is 0.778. The Kier molecular flexibility index (Phi) is 3.89. The molecule has 6 heteroatoms. The molecule has 0 bridgehead atoms. The summed E-state index contributed by atoms with van der Waals surface area (Å²) < 4.78 is 0. The average molecular weight is 221 g/mol. The zero-order valence-electron chi connectivity index (χ0n) is 9.40. The molecule has 0 aliphatic heterocycles. The lowest BCUT2D eigenvalue weighted by Gasteiger charge is -2.21. The summed E-state index contributed by atoms with van der Waals surface area (Å²) in [7, 11) is 0. The molecule has 0 radical (unpaired) electrons. The first kappa shape index (κ1) is 12.0. The molecule has 1 aromatic heterocycles. The number of nitriles is 1. The van der Waals surface area contributed by atoms with E-state index in [0.717, 1.165) is 0 Å². The van der Waals surface area contributed by atoms with E-state index in [1.807, 2.05) is 6.92 Å². The van der Waals surface area contributed by atoms with Gasteiger partial charge in [-0.05, 0) is 13.8 Å². The van der Waals surface area contributed by atoms with Gasteiger partial charge in [-0.1, -0.05) is 0 Å². The fourth-order valence-electron chi connectivity index (χ4n) is 1.35. The molecule has 3 N–H and O–H groups in total. The molecule has 0 fully saturated rings. The van der Waals surface area contributed by atoms with Gasteiger partial charge in [0.15, 0.2) is 0 Å². The third kappa shape index (κ3) is 2.51. The number of H-pyrrole nitrogens is 1. The molecule has 86 valence electrons. The molecule has 1 unspecified atom stereocenters. The fourth-order valence-corrected chi connectivity index (χ4v) is 1.35. The van der Waals surface area contributed by atoms with Crippen LogP contribution in [-0.2, 0) is 0 Å². The van der Waals surface area contributed by atoms with E-state index in [9.17, 15) is 4.79 Å². The van der Waals surface area contributed by atoms with Crippen LogP contribution >= 0.6 is 0 Å². The van der Waals surface area contributed by atoms with Gasteiger partial charge in [-0.3, -0.25) is 9.89 Å². The summed E-state index contributed by atoms with van der Waals surface area (Å²) in [5.74, 6) is -0.423. The predicted octanol–water partition coefficient (Wildman–Crippen LogP) is 0.614. The standard InChI is InChI=1S/C10H15N5O/c1-3-15(6-7(2)4-11)10(16)9-8(12)5-13-14-9/h5,7H,3,6,12H2,1-2H3,(H,13,14). The Balaban J connectivity index is 2.79. The topological polar surface area (TPSA) is 98.8 Å². The number of rotatable bonds is 4. The van der Waals surface area contributed by atoms with Crippen LogP contribution in [0.5, 0.6) is 0 Å². The Morgan fingerprint density at radius 3 is 2.94 bits per heavy atom. The largest absolute Gasteiger partial charge is 0.396 e. The van der Waals surface area contributed by atoms with E-state index in [-0.39, 0.29) is 17.5 Å². The van der Waals surface area contributed by atoms with Crippen molar-refractivity contribution in [3.8, 4) is 6.07 Å². The van der Waals surface area contributed by atoms with Crippen LogP contribution in [0, 0.1) is 17.2 Å². The Hall–Kier alpha value is -2.03. The van der Waals surface area contributed by atoms with Crippen LogP contribution in [-0.4, -0.2) is 34.1 Å². The maximum absolute atomic E-state index is 12.0. The summed E-state index contributed by atoms with van der Waals surface area (Å²) in [5.41, 5.74) is 6.20. The SMILES string of the molecule is CCN(CC(C)C#N)C(=O)c1[nH]ncc1N. The molecule has 0 saturated carbocycles. The van der Waals surface area contributed by atoms with E-state index in [4.69, 9.17) is 11.0 Å². The highest BCUT2D eigenvalue weighted by Gasteiger charge is 2.19. The molecule has 0 aromatic carbocycles. The highest BCUT2D eigenvalue weighted by Crippen LogP contribution is 2.11. The molecule has 0 aliphatic rings. The van der Waals surface area contributed by atoms with Crippen molar-refractivity contribution in [2.24, 2.45) is 5.92 Å². The monoisotopic (exact) mass is 221 g/mol. The second-order valence-corrected chi connectivity index (χ2v) is 3.57. The maximum atomic E-state index is 12.0. The van der Waals surface area contributed by atoms with E-state index >= 15 is 0 Å². The van der Waals surface area contributed by atoms with E-state index in [1.165, 1.54) is 6.20 Å². The number of carbonyl (C=O) groups is 1. The number of nitrogens with zero attached hydrogens (tertiary/aromatic N) is 3. The summed E-state index contributed by atoms with van der Waals surface area (Å²) in [6, 6.07) is 2.09. The normalized spacial score (nSPS) is 11.8. The molecule has 0 aliphatic carbocycles. The number of nitrogens with one attached hydrogen (secondary N) is 1. The van der Waals surface area contributed by atoms with Crippen LogP contribution in [0.15, 0.2) is 6.20 Å². The molecule has 0 saturated heterocycles. The predicted molar refractivity (Wildman–Crippen MR) is 59.4 cm³/mol. The second kappa shape index (κ2) is 5.16. The number of anilines is 1. The lowest BCUT2D eigenvalue weighted by molar-refractivity contribution is 0.0748. The molecule has 1 aromatic rings. The maximum Gasteiger partial charge on any atom is 0.274 e. The number of amides is 1. The van der Waals surface area contributed by atoms with Crippen LogP contribution in [0.3, 0.4) is 0 Å². The zero-order valence-corrected chi connectivity index (χ0v) is 9.40. The average Bonchev–Trinajstić information content (AvgIpc) is 2.71. The van der Waals surface area contributed by atoms with Crippen molar-refractivity contribution in [3.63, 3.8) is 0 Å². The summed E-state index contributed by atoms with van der Waals surface area (Å²) in [6.45, 7) is 4.55. The van der Waals surface area contributed by atoms with E-state index in [1.54, 1.807) is 11.8 Å². The van der Waals surface area contributed by atoms with Crippen molar-refractivity contribution in [3.05, 3.63) is 11.9 Å².